The van der Waals surface area contributed by atoms with Crippen LogP contribution in [0.1, 0.15) is 17.3 Å². The molecule has 90 valence electrons. The van der Waals surface area contributed by atoms with E-state index in [-0.39, 0.29) is 11.0 Å². The van der Waals surface area contributed by atoms with E-state index in [0.29, 0.717) is 12.1 Å². The van der Waals surface area contributed by atoms with Gasteiger partial charge >= 0.3 is 5.51 Å². The normalized spacial score (nSPS) is 12.5. The molecule has 2 radical (unpaired) electrons. The van der Waals surface area contributed by atoms with E-state index in [9.17, 15) is 26.4 Å². The maximum atomic E-state index is 12.3. The summed E-state index contributed by atoms with van der Waals surface area (Å²) in [4.78, 5) is 9.96. The molecule has 0 fully saturated rings. The second kappa shape index (κ2) is 4.17. The zero-order valence-electron chi connectivity index (χ0n) is 8.58. The van der Waals surface area contributed by atoms with Gasteiger partial charge in [0.05, 0.1) is 4.90 Å². The van der Waals surface area contributed by atoms with E-state index in [1.165, 1.54) is 0 Å². The summed E-state index contributed by atoms with van der Waals surface area (Å²) in [6.07, 6.45) is 0. The molecule has 8 heteroatoms. The summed E-state index contributed by atoms with van der Waals surface area (Å²) in [5.41, 5.74) is -5.83. The Kier molecular flexibility index (Phi) is 3.38. The van der Waals surface area contributed by atoms with E-state index in [2.05, 4.69) is 0 Å². The quantitative estimate of drug-likeness (QED) is 0.589. The van der Waals surface area contributed by atoms with Crippen molar-refractivity contribution < 1.29 is 26.4 Å². The molecule has 0 atom stereocenters. The van der Waals surface area contributed by atoms with Crippen molar-refractivity contribution in [2.45, 2.75) is 17.3 Å². The number of alkyl halides is 3. The van der Waals surface area contributed by atoms with Gasteiger partial charge in [0.15, 0.2) is 5.78 Å². The largest absolute Gasteiger partial charge is 0.501 e. The minimum atomic E-state index is -5.49. The van der Waals surface area contributed by atoms with Crippen molar-refractivity contribution in [2.24, 2.45) is 0 Å². The Morgan fingerprint density at radius 3 is 2.18 bits per heavy atom. The maximum Gasteiger partial charge on any atom is 0.501 e. The third-order valence-electron chi connectivity index (χ3n) is 1.95. The van der Waals surface area contributed by atoms with Gasteiger partial charge in [-0.15, -0.1) is 0 Å². The second-order valence-electron chi connectivity index (χ2n) is 3.30. The molecule has 17 heavy (non-hydrogen) atoms. The topological polar surface area (TPSA) is 51.2 Å². The van der Waals surface area contributed by atoms with Crippen LogP contribution in [0, 0.1) is 0 Å². The Balaban J connectivity index is 3.49. The molecule has 0 aliphatic rings. The van der Waals surface area contributed by atoms with Gasteiger partial charge in [-0.1, -0.05) is 17.6 Å². The molecule has 0 heterocycles. The van der Waals surface area contributed by atoms with Crippen molar-refractivity contribution in [2.75, 3.05) is 0 Å². The van der Waals surface area contributed by atoms with Gasteiger partial charge in [-0.2, -0.15) is 13.2 Å². The Morgan fingerprint density at radius 2 is 1.76 bits per heavy atom. The van der Waals surface area contributed by atoms with E-state index in [1.54, 1.807) is 0 Å². The first kappa shape index (κ1) is 13.8. The summed E-state index contributed by atoms with van der Waals surface area (Å²) >= 11 is 0. The molecule has 0 aliphatic heterocycles. The number of ketones is 1. The molecule has 0 amide bonds. The van der Waals surface area contributed by atoms with Crippen molar-refractivity contribution >= 4 is 28.9 Å². The maximum absolute atomic E-state index is 12.3. The molecule has 3 nitrogen and oxygen atoms in total. The van der Waals surface area contributed by atoms with Gasteiger partial charge < -0.3 is 0 Å². The van der Waals surface area contributed by atoms with Crippen LogP contribution in [0.25, 0.3) is 0 Å². The van der Waals surface area contributed by atoms with E-state index in [0.717, 1.165) is 13.0 Å². The molecule has 1 rings (SSSR count). The number of sulfone groups is 1. The van der Waals surface area contributed by atoms with Crippen LogP contribution in [-0.4, -0.2) is 27.6 Å². The van der Waals surface area contributed by atoms with Crippen molar-refractivity contribution in [3.8, 4) is 0 Å². The predicted octanol–water partition coefficient (Wildman–Crippen LogP) is 0.977. The van der Waals surface area contributed by atoms with Gasteiger partial charge in [0.2, 0.25) is 0 Å². The number of carbonyl (C=O) groups is 1. The molecule has 0 saturated carbocycles. The molecule has 0 unspecified atom stereocenters. The van der Waals surface area contributed by atoms with Crippen LogP contribution in [0.4, 0.5) is 13.2 Å². The standard InChI is InChI=1S/C9H6BF3O3S/c1-5(14)6-2-7(10)4-8(3-6)17(15,16)9(11,12)13/h2-4H,1H3. The third kappa shape index (κ3) is 2.69. The van der Waals surface area contributed by atoms with Crippen LogP contribution in [0.15, 0.2) is 23.1 Å². The van der Waals surface area contributed by atoms with Gasteiger partial charge in [0, 0.05) is 5.56 Å². The Hall–Kier alpha value is -1.31. The summed E-state index contributed by atoms with van der Waals surface area (Å²) in [7, 11) is -0.234. The number of Topliss-reactive ketones (excluding diaryl/α,β-unsaturated/α-hetero) is 1. The van der Waals surface area contributed by atoms with Crippen LogP contribution in [0.3, 0.4) is 0 Å². The minimum Gasteiger partial charge on any atom is -0.295 e. The van der Waals surface area contributed by atoms with Gasteiger partial charge in [-0.25, -0.2) is 8.42 Å². The number of rotatable bonds is 2. The number of hydrogen-bond acceptors (Lipinski definition) is 3. The predicted molar refractivity (Wildman–Crippen MR) is 55.1 cm³/mol. The summed E-state index contributed by atoms with van der Waals surface area (Å²) in [6, 6.07) is 2.43. The first-order chi connectivity index (χ1) is 7.55. The molecule has 0 bridgehead atoms. The first-order valence-corrected chi connectivity index (χ1v) is 5.77. The minimum absolute atomic E-state index is 0.187. The smallest absolute Gasteiger partial charge is 0.295 e. The fourth-order valence-corrected chi connectivity index (χ4v) is 1.95. The van der Waals surface area contributed by atoms with Gasteiger partial charge in [-0.05, 0) is 13.0 Å². The highest BCUT2D eigenvalue weighted by Crippen LogP contribution is 2.30. The molecule has 0 N–H and O–H groups in total. The summed E-state index contributed by atoms with van der Waals surface area (Å²) < 4.78 is 59.0. The molecule has 0 saturated heterocycles. The van der Waals surface area contributed by atoms with Crippen molar-refractivity contribution in [1.29, 1.82) is 0 Å². The lowest BCUT2D eigenvalue weighted by Gasteiger charge is -2.10. The zero-order valence-corrected chi connectivity index (χ0v) is 9.39. The van der Waals surface area contributed by atoms with E-state index >= 15 is 0 Å². The monoisotopic (exact) mass is 262 g/mol. The van der Waals surface area contributed by atoms with Crippen molar-refractivity contribution in [3.63, 3.8) is 0 Å². The Labute approximate surface area is 97.0 Å². The van der Waals surface area contributed by atoms with E-state index in [4.69, 9.17) is 7.85 Å². The number of carbonyl (C=O) groups excluding carboxylic acids is 1. The third-order valence-corrected chi connectivity index (χ3v) is 3.42. The highest BCUT2D eigenvalue weighted by Gasteiger charge is 2.47. The van der Waals surface area contributed by atoms with Gasteiger partial charge in [0.1, 0.15) is 7.85 Å². The van der Waals surface area contributed by atoms with Crippen LogP contribution in [-0.2, 0) is 9.84 Å². The highest BCUT2D eigenvalue weighted by molar-refractivity contribution is 7.92. The lowest BCUT2D eigenvalue weighted by molar-refractivity contribution is -0.0436. The van der Waals surface area contributed by atoms with E-state index < -0.39 is 26.0 Å². The van der Waals surface area contributed by atoms with E-state index in [1.807, 2.05) is 0 Å². The summed E-state index contributed by atoms with van der Waals surface area (Å²) in [5, 5.41) is 0. The first-order valence-electron chi connectivity index (χ1n) is 4.28. The highest BCUT2D eigenvalue weighted by atomic mass is 32.2. The lowest BCUT2D eigenvalue weighted by atomic mass is 9.93. The van der Waals surface area contributed by atoms with Crippen molar-refractivity contribution in [3.05, 3.63) is 23.8 Å². The van der Waals surface area contributed by atoms with Crippen LogP contribution in [0.2, 0.25) is 0 Å². The van der Waals surface area contributed by atoms with Crippen LogP contribution < -0.4 is 5.46 Å². The summed E-state index contributed by atoms with van der Waals surface area (Å²) in [6.45, 7) is 1.10. The Bertz CT molecular complexity index is 563. The molecular formula is C9H6BF3O3S. The average molecular weight is 262 g/mol. The average Bonchev–Trinajstić information content (AvgIpc) is 2.14. The molecular weight excluding hydrogens is 256 g/mol. The molecule has 0 spiro atoms. The number of hydrogen-bond donors (Lipinski definition) is 0. The number of halogens is 3. The summed E-state index contributed by atoms with van der Waals surface area (Å²) in [5.74, 6) is -0.573. The van der Waals surface area contributed by atoms with Gasteiger partial charge in [-0.3, -0.25) is 4.79 Å². The SMILES string of the molecule is [B]c1cc(C(C)=O)cc(S(=O)(=O)C(F)(F)F)c1. The second-order valence-corrected chi connectivity index (χ2v) is 5.24. The molecule has 1 aromatic rings. The fraction of sp³-hybridized carbons (Fsp3) is 0.222. The zero-order chi connectivity index (χ0) is 13.4. The van der Waals surface area contributed by atoms with Crippen LogP contribution in [0.5, 0.6) is 0 Å². The van der Waals surface area contributed by atoms with Gasteiger partial charge in [0.25, 0.3) is 9.84 Å². The lowest BCUT2D eigenvalue weighted by Crippen LogP contribution is -2.25. The molecule has 1 aromatic carbocycles. The molecule has 0 aromatic heterocycles. The number of benzene rings is 1. The fourth-order valence-electron chi connectivity index (χ4n) is 1.11. The van der Waals surface area contributed by atoms with Crippen LogP contribution >= 0.6 is 0 Å². The van der Waals surface area contributed by atoms with Crippen molar-refractivity contribution in [1.82, 2.24) is 0 Å². The molecule has 0 aliphatic carbocycles. The Morgan fingerprint density at radius 1 is 1.24 bits per heavy atom.